The third-order valence-corrected chi connectivity index (χ3v) is 2.11. The van der Waals surface area contributed by atoms with Gasteiger partial charge in [0.1, 0.15) is 5.75 Å². The van der Waals surface area contributed by atoms with E-state index in [4.69, 9.17) is 27.5 Å². The Morgan fingerprint density at radius 1 is 1.43 bits per heavy atom. The smallest absolute Gasteiger partial charge is 0.117 e. The maximum atomic E-state index is 9.06. The highest BCUT2D eigenvalue weighted by molar-refractivity contribution is 6.31. The van der Waals surface area contributed by atoms with Crippen LogP contribution in [-0.4, -0.2) is 22.9 Å². The van der Waals surface area contributed by atoms with E-state index < -0.39 is 0 Å². The van der Waals surface area contributed by atoms with Crippen LogP contribution in [0.15, 0.2) is 18.2 Å². The summed E-state index contributed by atoms with van der Waals surface area (Å²) in [6.45, 7) is -0.0722. The first-order chi connectivity index (χ1) is 6.13. The van der Waals surface area contributed by atoms with E-state index in [1.165, 1.54) is 6.07 Å². The lowest BCUT2D eigenvalue weighted by Crippen LogP contribution is -2.26. The fourth-order valence-corrected chi connectivity index (χ4v) is 1.30. The molecule has 0 fully saturated rings. The summed E-state index contributed by atoms with van der Waals surface area (Å²) in [6.07, 6.45) is 0.510. The topological polar surface area (TPSA) is 66.5 Å². The molecule has 3 nitrogen and oxygen atoms in total. The molecular weight excluding hydrogens is 225 g/mol. The summed E-state index contributed by atoms with van der Waals surface area (Å²) < 4.78 is 0. The number of aliphatic hydroxyl groups is 1. The quantitative estimate of drug-likeness (QED) is 0.744. The molecule has 0 heterocycles. The molecule has 0 aliphatic rings. The van der Waals surface area contributed by atoms with E-state index in [1.54, 1.807) is 12.1 Å². The van der Waals surface area contributed by atoms with Gasteiger partial charge >= 0.3 is 0 Å². The van der Waals surface area contributed by atoms with Gasteiger partial charge in [0, 0.05) is 11.1 Å². The monoisotopic (exact) mass is 237 g/mol. The van der Waals surface area contributed by atoms with Gasteiger partial charge in [-0.3, -0.25) is 0 Å². The Labute approximate surface area is 93.9 Å². The van der Waals surface area contributed by atoms with Crippen LogP contribution in [0.2, 0.25) is 5.02 Å². The number of benzene rings is 1. The Bertz CT molecular complexity index is 294. The molecule has 0 aliphatic heterocycles. The van der Waals surface area contributed by atoms with Crippen LogP contribution < -0.4 is 5.73 Å². The van der Waals surface area contributed by atoms with Crippen LogP contribution >= 0.6 is 24.0 Å². The Hall–Kier alpha value is -0.480. The lowest BCUT2D eigenvalue weighted by atomic mass is 10.1. The van der Waals surface area contributed by atoms with Crippen molar-refractivity contribution < 1.29 is 10.2 Å². The van der Waals surface area contributed by atoms with E-state index in [1.807, 2.05) is 0 Å². The Morgan fingerprint density at radius 2 is 2.07 bits per heavy atom. The van der Waals surface area contributed by atoms with Gasteiger partial charge in [0.25, 0.3) is 0 Å². The lowest BCUT2D eigenvalue weighted by Gasteiger charge is -2.09. The van der Waals surface area contributed by atoms with E-state index in [-0.39, 0.29) is 30.8 Å². The predicted molar refractivity (Wildman–Crippen MR) is 59.1 cm³/mol. The van der Waals surface area contributed by atoms with Crippen molar-refractivity contribution in [1.82, 2.24) is 0 Å². The average Bonchev–Trinajstić information content (AvgIpc) is 2.09. The summed E-state index contributed by atoms with van der Waals surface area (Å²) in [5.74, 6) is 0.131. The number of phenolic OH excluding ortho intramolecular Hbond substituents is 1. The highest BCUT2D eigenvalue weighted by Crippen LogP contribution is 2.22. The van der Waals surface area contributed by atoms with Crippen molar-refractivity contribution in [3.63, 3.8) is 0 Å². The zero-order chi connectivity index (χ0) is 9.84. The molecule has 5 heteroatoms. The normalized spacial score (nSPS) is 11.9. The molecule has 1 unspecified atom stereocenters. The maximum absolute atomic E-state index is 9.06. The molecule has 0 saturated carbocycles. The first-order valence-electron chi connectivity index (χ1n) is 3.97. The van der Waals surface area contributed by atoms with E-state index in [0.717, 1.165) is 5.56 Å². The molecule has 14 heavy (non-hydrogen) atoms. The Kier molecular flexibility index (Phi) is 5.88. The van der Waals surface area contributed by atoms with Gasteiger partial charge in [0.05, 0.1) is 6.61 Å². The minimum Gasteiger partial charge on any atom is -0.508 e. The van der Waals surface area contributed by atoms with Crippen molar-refractivity contribution in [2.75, 3.05) is 6.61 Å². The molecule has 1 aromatic carbocycles. The Balaban J connectivity index is 0.00000169. The van der Waals surface area contributed by atoms with E-state index >= 15 is 0 Å². The van der Waals surface area contributed by atoms with Gasteiger partial charge in [-0.2, -0.15) is 0 Å². The van der Waals surface area contributed by atoms with Crippen LogP contribution in [0.5, 0.6) is 5.75 Å². The molecule has 0 aromatic heterocycles. The minimum atomic E-state index is -0.304. The van der Waals surface area contributed by atoms with Crippen molar-refractivity contribution in [1.29, 1.82) is 0 Å². The van der Waals surface area contributed by atoms with E-state index in [0.29, 0.717) is 11.4 Å². The number of hydrogen-bond acceptors (Lipinski definition) is 3. The third kappa shape index (κ3) is 3.72. The van der Waals surface area contributed by atoms with E-state index in [9.17, 15) is 0 Å². The fourth-order valence-electron chi connectivity index (χ4n) is 1.05. The number of rotatable bonds is 3. The number of nitrogens with two attached hydrogens (primary N) is 1. The van der Waals surface area contributed by atoms with Gasteiger partial charge < -0.3 is 15.9 Å². The highest BCUT2D eigenvalue weighted by Gasteiger charge is 2.06. The van der Waals surface area contributed by atoms with Crippen LogP contribution in [0, 0.1) is 0 Å². The Morgan fingerprint density at radius 3 is 2.57 bits per heavy atom. The summed E-state index contributed by atoms with van der Waals surface area (Å²) >= 11 is 5.83. The zero-order valence-corrected chi connectivity index (χ0v) is 9.05. The molecule has 1 aromatic rings. The van der Waals surface area contributed by atoms with Gasteiger partial charge in [-0.05, 0) is 24.1 Å². The average molecular weight is 238 g/mol. The minimum absolute atomic E-state index is 0. The fraction of sp³-hybridized carbons (Fsp3) is 0.333. The van der Waals surface area contributed by atoms with Crippen LogP contribution in [0.4, 0.5) is 0 Å². The van der Waals surface area contributed by atoms with Crippen LogP contribution in [0.3, 0.4) is 0 Å². The van der Waals surface area contributed by atoms with Crippen LogP contribution in [-0.2, 0) is 6.42 Å². The number of aliphatic hydroxyl groups excluding tert-OH is 1. The number of hydrogen-bond donors (Lipinski definition) is 3. The second-order valence-corrected chi connectivity index (χ2v) is 3.33. The zero-order valence-electron chi connectivity index (χ0n) is 7.48. The van der Waals surface area contributed by atoms with Crippen molar-refractivity contribution in [2.24, 2.45) is 5.73 Å². The summed E-state index contributed by atoms with van der Waals surface area (Å²) in [5.41, 5.74) is 6.38. The first-order valence-corrected chi connectivity index (χ1v) is 4.35. The molecule has 0 saturated heterocycles. The summed E-state index contributed by atoms with van der Waals surface area (Å²) in [5, 5.41) is 18.3. The van der Waals surface area contributed by atoms with Gasteiger partial charge in [0.15, 0.2) is 0 Å². The third-order valence-electron chi connectivity index (χ3n) is 1.75. The first kappa shape index (κ1) is 13.5. The second-order valence-electron chi connectivity index (χ2n) is 2.92. The van der Waals surface area contributed by atoms with Crippen molar-refractivity contribution in [2.45, 2.75) is 12.5 Å². The predicted octanol–water partition coefficient (Wildman–Crippen LogP) is 1.33. The van der Waals surface area contributed by atoms with E-state index in [2.05, 4.69) is 0 Å². The molecule has 0 radical (unpaired) electrons. The van der Waals surface area contributed by atoms with Gasteiger partial charge in [-0.25, -0.2) is 0 Å². The molecule has 0 bridgehead atoms. The molecule has 4 N–H and O–H groups in total. The summed E-state index contributed by atoms with van der Waals surface area (Å²) in [4.78, 5) is 0. The molecular formula is C9H13Cl2NO2. The van der Waals surface area contributed by atoms with Gasteiger partial charge in [0.2, 0.25) is 0 Å². The molecule has 0 aliphatic carbocycles. The highest BCUT2D eigenvalue weighted by atomic mass is 35.5. The molecule has 0 spiro atoms. The maximum Gasteiger partial charge on any atom is 0.117 e. The van der Waals surface area contributed by atoms with Crippen molar-refractivity contribution in [3.8, 4) is 5.75 Å². The summed E-state index contributed by atoms with van der Waals surface area (Å²) in [7, 11) is 0. The van der Waals surface area contributed by atoms with Crippen LogP contribution in [0.1, 0.15) is 5.56 Å². The van der Waals surface area contributed by atoms with Gasteiger partial charge in [-0.1, -0.05) is 17.7 Å². The lowest BCUT2D eigenvalue weighted by molar-refractivity contribution is 0.265. The second kappa shape index (κ2) is 6.09. The van der Waals surface area contributed by atoms with Gasteiger partial charge in [-0.15, -0.1) is 12.4 Å². The number of aromatic hydroxyl groups is 1. The number of phenols is 1. The summed E-state index contributed by atoms with van der Waals surface area (Å²) in [6, 6.07) is 4.40. The van der Waals surface area contributed by atoms with Crippen molar-refractivity contribution in [3.05, 3.63) is 28.8 Å². The molecule has 1 atom stereocenters. The standard InChI is InChI=1S/C9H12ClNO2.ClH/c10-9-4-8(13)2-1-6(9)3-7(11)5-12;/h1-2,4,7,12-13H,3,5,11H2;1H. The number of halogens is 2. The molecule has 1 rings (SSSR count). The van der Waals surface area contributed by atoms with Crippen LogP contribution in [0.25, 0.3) is 0 Å². The molecule has 0 amide bonds. The van der Waals surface area contributed by atoms with Crippen molar-refractivity contribution >= 4 is 24.0 Å². The SMILES string of the molecule is Cl.NC(CO)Cc1ccc(O)cc1Cl. The molecule has 80 valence electrons. The largest absolute Gasteiger partial charge is 0.508 e.